The second kappa shape index (κ2) is 5.77. The number of nitrogens with zero attached hydrogens (tertiary/aromatic N) is 1. The Hall–Kier alpha value is -1.31. The van der Waals surface area contributed by atoms with Crippen LogP contribution in [0.15, 0.2) is 23.1 Å². The SMILES string of the molecule is CC(Oc1ccc(S(=O)(=O)N(C)C)cc1Cl)C(=O)O. The third-order valence-corrected chi connectivity index (χ3v) is 4.44. The van der Waals surface area contributed by atoms with Crippen molar-refractivity contribution in [1.29, 1.82) is 0 Å². The van der Waals surface area contributed by atoms with Crippen LogP contribution in [-0.4, -0.2) is 44.0 Å². The van der Waals surface area contributed by atoms with Gasteiger partial charge in [-0.05, 0) is 25.1 Å². The second-order valence-electron chi connectivity index (χ2n) is 3.98. The predicted molar refractivity (Wildman–Crippen MR) is 70.1 cm³/mol. The quantitative estimate of drug-likeness (QED) is 0.890. The molecule has 6 nitrogen and oxygen atoms in total. The normalized spacial score (nSPS) is 13.3. The zero-order valence-electron chi connectivity index (χ0n) is 10.6. The van der Waals surface area contributed by atoms with Gasteiger partial charge in [-0.25, -0.2) is 17.5 Å². The highest BCUT2D eigenvalue weighted by Crippen LogP contribution is 2.29. The number of aliphatic carboxylic acids is 1. The van der Waals surface area contributed by atoms with E-state index >= 15 is 0 Å². The van der Waals surface area contributed by atoms with E-state index in [4.69, 9.17) is 21.4 Å². The highest BCUT2D eigenvalue weighted by Gasteiger charge is 2.20. The number of hydrogen-bond acceptors (Lipinski definition) is 4. The van der Waals surface area contributed by atoms with Gasteiger partial charge in [-0.15, -0.1) is 0 Å². The van der Waals surface area contributed by atoms with E-state index < -0.39 is 22.1 Å². The fourth-order valence-electron chi connectivity index (χ4n) is 1.19. The summed E-state index contributed by atoms with van der Waals surface area (Å²) in [5, 5.41) is 8.76. The summed E-state index contributed by atoms with van der Waals surface area (Å²) in [6.45, 7) is 1.35. The van der Waals surface area contributed by atoms with Crippen molar-refractivity contribution in [3.63, 3.8) is 0 Å². The summed E-state index contributed by atoms with van der Waals surface area (Å²) < 4.78 is 29.9. The summed E-state index contributed by atoms with van der Waals surface area (Å²) in [4.78, 5) is 10.7. The van der Waals surface area contributed by atoms with Gasteiger partial charge in [0.15, 0.2) is 6.10 Å². The lowest BCUT2D eigenvalue weighted by atomic mass is 10.3. The maximum absolute atomic E-state index is 11.9. The lowest BCUT2D eigenvalue weighted by molar-refractivity contribution is -0.144. The van der Waals surface area contributed by atoms with E-state index in [-0.39, 0.29) is 15.7 Å². The molecule has 0 aliphatic carbocycles. The number of sulfonamides is 1. The van der Waals surface area contributed by atoms with E-state index in [1.165, 1.54) is 39.2 Å². The average molecular weight is 308 g/mol. The molecular formula is C11H14ClNO5S. The maximum atomic E-state index is 11.9. The molecule has 1 atom stereocenters. The van der Waals surface area contributed by atoms with Crippen molar-refractivity contribution >= 4 is 27.6 Å². The van der Waals surface area contributed by atoms with Crippen LogP contribution in [0, 0.1) is 0 Å². The second-order valence-corrected chi connectivity index (χ2v) is 6.54. The van der Waals surface area contributed by atoms with Gasteiger partial charge in [0.05, 0.1) is 9.92 Å². The lowest BCUT2D eigenvalue weighted by Gasteiger charge is -2.14. The Balaban J connectivity index is 3.09. The van der Waals surface area contributed by atoms with E-state index in [0.29, 0.717) is 0 Å². The molecule has 0 spiro atoms. The molecule has 0 radical (unpaired) electrons. The van der Waals surface area contributed by atoms with Crippen LogP contribution in [0.2, 0.25) is 5.02 Å². The Kier molecular flexibility index (Phi) is 4.78. The van der Waals surface area contributed by atoms with Crippen LogP contribution in [0.25, 0.3) is 0 Å². The molecular weight excluding hydrogens is 294 g/mol. The summed E-state index contributed by atoms with van der Waals surface area (Å²) in [6.07, 6.45) is -1.08. The zero-order valence-corrected chi connectivity index (χ0v) is 12.2. The van der Waals surface area contributed by atoms with Crippen molar-refractivity contribution < 1.29 is 23.1 Å². The first kappa shape index (κ1) is 15.7. The van der Waals surface area contributed by atoms with Crippen LogP contribution in [0.3, 0.4) is 0 Å². The van der Waals surface area contributed by atoms with E-state index in [9.17, 15) is 13.2 Å². The molecule has 0 fully saturated rings. The fraction of sp³-hybridized carbons (Fsp3) is 0.364. The van der Waals surface area contributed by atoms with Gasteiger partial charge in [-0.1, -0.05) is 11.6 Å². The third-order valence-electron chi connectivity index (χ3n) is 2.33. The molecule has 1 N–H and O–H groups in total. The van der Waals surface area contributed by atoms with Gasteiger partial charge in [0, 0.05) is 14.1 Å². The first-order chi connectivity index (χ1) is 8.66. The largest absolute Gasteiger partial charge is 0.479 e. The van der Waals surface area contributed by atoms with Crippen LogP contribution in [0.1, 0.15) is 6.92 Å². The van der Waals surface area contributed by atoms with Crippen LogP contribution < -0.4 is 4.74 Å². The molecule has 8 heteroatoms. The molecule has 106 valence electrons. The monoisotopic (exact) mass is 307 g/mol. The Bertz CT molecular complexity index is 585. The van der Waals surface area contributed by atoms with Gasteiger partial charge < -0.3 is 9.84 Å². The van der Waals surface area contributed by atoms with Gasteiger partial charge in [0.1, 0.15) is 5.75 Å². The summed E-state index contributed by atoms with van der Waals surface area (Å²) in [5.74, 6) is -1.02. The Morgan fingerprint density at radius 2 is 2.00 bits per heavy atom. The number of hydrogen-bond donors (Lipinski definition) is 1. The summed E-state index contributed by atoms with van der Waals surface area (Å²) >= 11 is 5.89. The van der Waals surface area contributed by atoms with Crippen molar-refractivity contribution in [1.82, 2.24) is 4.31 Å². The lowest BCUT2D eigenvalue weighted by Crippen LogP contribution is -2.23. The van der Waals surface area contributed by atoms with E-state index in [2.05, 4.69) is 0 Å². The van der Waals surface area contributed by atoms with Crippen molar-refractivity contribution in [3.8, 4) is 5.75 Å². The van der Waals surface area contributed by atoms with Crippen LogP contribution in [0.4, 0.5) is 0 Å². The number of rotatable bonds is 5. The minimum Gasteiger partial charge on any atom is -0.479 e. The Morgan fingerprint density at radius 1 is 1.42 bits per heavy atom. The van der Waals surface area contributed by atoms with Crippen LogP contribution in [-0.2, 0) is 14.8 Å². The number of carbonyl (C=O) groups is 1. The van der Waals surface area contributed by atoms with E-state index in [1.54, 1.807) is 0 Å². The van der Waals surface area contributed by atoms with Crippen molar-refractivity contribution in [3.05, 3.63) is 23.2 Å². The molecule has 0 saturated heterocycles. The molecule has 0 aromatic heterocycles. The number of carboxylic acids is 1. The average Bonchev–Trinajstić information content (AvgIpc) is 2.30. The molecule has 0 saturated carbocycles. The minimum absolute atomic E-state index is 0.0119. The predicted octanol–water partition coefficient (Wildman–Crippen LogP) is 1.44. The molecule has 1 aromatic carbocycles. The molecule has 0 aliphatic rings. The van der Waals surface area contributed by atoms with E-state index in [1.807, 2.05) is 0 Å². The summed E-state index contributed by atoms with van der Waals surface area (Å²) in [6, 6.07) is 3.87. The number of carboxylic acid groups (broad SMARTS) is 1. The minimum atomic E-state index is -3.58. The van der Waals surface area contributed by atoms with Gasteiger partial charge in [-0.3, -0.25) is 0 Å². The Morgan fingerprint density at radius 3 is 2.42 bits per heavy atom. The van der Waals surface area contributed by atoms with Crippen LogP contribution >= 0.6 is 11.6 Å². The molecule has 0 aliphatic heterocycles. The highest BCUT2D eigenvalue weighted by molar-refractivity contribution is 7.89. The smallest absolute Gasteiger partial charge is 0.344 e. The van der Waals surface area contributed by atoms with Crippen molar-refractivity contribution in [2.75, 3.05) is 14.1 Å². The molecule has 1 aromatic rings. The standard InChI is InChI=1S/C11H14ClNO5S/c1-7(11(14)15)18-10-5-4-8(6-9(10)12)19(16,17)13(2)3/h4-7H,1-3H3,(H,14,15). The number of ether oxygens (including phenoxy) is 1. The van der Waals surface area contributed by atoms with Crippen LogP contribution in [0.5, 0.6) is 5.75 Å². The Labute approximate surface area is 116 Å². The first-order valence-electron chi connectivity index (χ1n) is 5.28. The topological polar surface area (TPSA) is 83.9 Å². The molecule has 1 rings (SSSR count). The molecule has 0 bridgehead atoms. The first-order valence-corrected chi connectivity index (χ1v) is 7.09. The van der Waals surface area contributed by atoms with Crippen molar-refractivity contribution in [2.24, 2.45) is 0 Å². The van der Waals surface area contributed by atoms with E-state index in [0.717, 1.165) is 4.31 Å². The van der Waals surface area contributed by atoms with Gasteiger partial charge in [0.25, 0.3) is 0 Å². The van der Waals surface area contributed by atoms with Gasteiger partial charge >= 0.3 is 5.97 Å². The molecule has 0 heterocycles. The molecule has 19 heavy (non-hydrogen) atoms. The fourth-order valence-corrected chi connectivity index (χ4v) is 2.41. The summed E-state index contributed by atoms with van der Waals surface area (Å²) in [5.41, 5.74) is 0. The highest BCUT2D eigenvalue weighted by atomic mass is 35.5. The van der Waals surface area contributed by atoms with Gasteiger partial charge in [-0.2, -0.15) is 0 Å². The number of benzene rings is 1. The molecule has 0 amide bonds. The maximum Gasteiger partial charge on any atom is 0.344 e. The number of halogens is 1. The molecule has 1 unspecified atom stereocenters. The van der Waals surface area contributed by atoms with Crippen molar-refractivity contribution in [2.45, 2.75) is 17.9 Å². The third kappa shape index (κ3) is 3.59. The summed E-state index contributed by atoms with van der Waals surface area (Å²) in [7, 11) is -0.778. The zero-order chi connectivity index (χ0) is 14.8. The van der Waals surface area contributed by atoms with Gasteiger partial charge in [0.2, 0.25) is 10.0 Å².